The molecule has 0 saturated carbocycles. The highest BCUT2D eigenvalue weighted by Crippen LogP contribution is 2.28. The average Bonchev–Trinajstić information content (AvgIpc) is 2.89. The number of hydrogen-bond acceptors (Lipinski definition) is 4. The van der Waals surface area contributed by atoms with Gasteiger partial charge in [-0.05, 0) is 25.3 Å². The van der Waals surface area contributed by atoms with Crippen LogP contribution < -0.4 is 5.32 Å². The summed E-state index contributed by atoms with van der Waals surface area (Å²) in [6.45, 7) is 3.91. The lowest BCUT2D eigenvalue weighted by Gasteiger charge is -2.09. The number of fused-ring (bicyclic) bond motifs is 1. The summed E-state index contributed by atoms with van der Waals surface area (Å²) < 4.78 is 5.09. The summed E-state index contributed by atoms with van der Waals surface area (Å²) in [7, 11) is 0. The summed E-state index contributed by atoms with van der Waals surface area (Å²) in [4.78, 5) is 12.1. The van der Waals surface area contributed by atoms with Crippen LogP contribution in [0.15, 0.2) is 42.5 Å². The lowest BCUT2D eigenvalue weighted by atomic mass is 10.1. The number of carbonyl (C=O) groups is 1. The van der Waals surface area contributed by atoms with Gasteiger partial charge < -0.3 is 10.1 Å². The number of rotatable bonds is 4. The van der Waals surface area contributed by atoms with Gasteiger partial charge in [0.1, 0.15) is 5.56 Å². The molecule has 1 aromatic heterocycles. The van der Waals surface area contributed by atoms with E-state index in [1.165, 1.54) is 0 Å². The Kier molecular flexibility index (Phi) is 3.78. The Balaban J connectivity index is 2.01. The molecule has 22 heavy (non-hydrogen) atoms. The number of H-pyrrole nitrogens is 1. The van der Waals surface area contributed by atoms with E-state index in [9.17, 15) is 4.79 Å². The molecular weight excluding hydrogens is 278 g/mol. The predicted octanol–water partition coefficient (Wildman–Crippen LogP) is 3.79. The van der Waals surface area contributed by atoms with Crippen molar-refractivity contribution >= 4 is 28.2 Å². The van der Waals surface area contributed by atoms with E-state index in [-0.39, 0.29) is 5.97 Å². The van der Waals surface area contributed by atoms with Crippen molar-refractivity contribution in [3.05, 3.63) is 53.7 Å². The highest BCUT2D eigenvalue weighted by atomic mass is 16.5. The first kappa shape index (κ1) is 14.1. The Labute approximate surface area is 128 Å². The molecule has 0 amide bonds. The third kappa shape index (κ3) is 2.53. The lowest BCUT2D eigenvalue weighted by molar-refractivity contribution is 0.0527. The minimum absolute atomic E-state index is 0.331. The number of anilines is 2. The Bertz CT molecular complexity index is 818. The van der Waals surface area contributed by atoms with Gasteiger partial charge in [-0.3, -0.25) is 5.10 Å². The molecule has 0 aliphatic rings. The maximum atomic E-state index is 12.1. The van der Waals surface area contributed by atoms with Crippen molar-refractivity contribution in [2.24, 2.45) is 0 Å². The van der Waals surface area contributed by atoms with E-state index < -0.39 is 0 Å². The number of benzene rings is 2. The Morgan fingerprint density at radius 2 is 2.00 bits per heavy atom. The summed E-state index contributed by atoms with van der Waals surface area (Å²) in [5, 5.41) is 12.4. The van der Waals surface area contributed by atoms with Crippen LogP contribution in [0.3, 0.4) is 0 Å². The molecule has 3 aromatic rings. The fraction of sp³-hybridized carbons (Fsp3) is 0.176. The van der Waals surface area contributed by atoms with Crippen LogP contribution in [0.4, 0.5) is 11.5 Å². The number of aromatic amines is 1. The number of aryl methyl sites for hydroxylation is 1. The first-order chi connectivity index (χ1) is 10.7. The first-order valence-corrected chi connectivity index (χ1v) is 7.17. The van der Waals surface area contributed by atoms with E-state index in [1.807, 2.05) is 42.5 Å². The molecule has 0 saturated heterocycles. The van der Waals surface area contributed by atoms with Gasteiger partial charge in [-0.1, -0.05) is 36.4 Å². The van der Waals surface area contributed by atoms with E-state index in [0.29, 0.717) is 23.7 Å². The standard InChI is InChI=1S/C17H17N3O2/c1-3-22-17(21)15-11(2)19-20-16(15)18-14-10-6-8-12-7-4-5-9-13(12)14/h4-10H,3H2,1-2H3,(H2,18,19,20). The van der Waals surface area contributed by atoms with Gasteiger partial charge in [0.05, 0.1) is 6.61 Å². The van der Waals surface area contributed by atoms with Crippen LogP contribution in [0, 0.1) is 6.92 Å². The van der Waals surface area contributed by atoms with Gasteiger partial charge in [-0.15, -0.1) is 0 Å². The quantitative estimate of drug-likeness (QED) is 0.719. The Hall–Kier alpha value is -2.82. The molecule has 1 heterocycles. The van der Waals surface area contributed by atoms with E-state index in [0.717, 1.165) is 16.5 Å². The summed E-state index contributed by atoms with van der Waals surface area (Å²) in [6, 6.07) is 14.0. The second kappa shape index (κ2) is 5.89. The minimum Gasteiger partial charge on any atom is -0.462 e. The fourth-order valence-electron chi connectivity index (χ4n) is 2.43. The Morgan fingerprint density at radius 1 is 1.23 bits per heavy atom. The zero-order chi connectivity index (χ0) is 15.5. The number of aromatic nitrogens is 2. The molecule has 0 fully saturated rings. The number of nitrogens with zero attached hydrogens (tertiary/aromatic N) is 1. The molecule has 2 N–H and O–H groups in total. The molecule has 0 atom stereocenters. The van der Waals surface area contributed by atoms with E-state index >= 15 is 0 Å². The van der Waals surface area contributed by atoms with Crippen molar-refractivity contribution in [3.8, 4) is 0 Å². The van der Waals surface area contributed by atoms with Crippen molar-refractivity contribution < 1.29 is 9.53 Å². The molecule has 0 unspecified atom stereocenters. The van der Waals surface area contributed by atoms with E-state index in [4.69, 9.17) is 4.74 Å². The lowest BCUT2D eigenvalue weighted by Crippen LogP contribution is -2.08. The van der Waals surface area contributed by atoms with Crippen LogP contribution in [0.25, 0.3) is 10.8 Å². The van der Waals surface area contributed by atoms with Crippen LogP contribution in [-0.2, 0) is 4.74 Å². The highest BCUT2D eigenvalue weighted by Gasteiger charge is 2.19. The van der Waals surface area contributed by atoms with Gasteiger partial charge in [0, 0.05) is 16.8 Å². The number of esters is 1. The van der Waals surface area contributed by atoms with Crippen LogP contribution in [-0.4, -0.2) is 22.8 Å². The zero-order valence-electron chi connectivity index (χ0n) is 12.5. The van der Waals surface area contributed by atoms with Crippen molar-refractivity contribution in [1.29, 1.82) is 0 Å². The largest absolute Gasteiger partial charge is 0.462 e. The number of nitrogens with one attached hydrogen (secondary N) is 2. The van der Waals surface area contributed by atoms with Gasteiger partial charge >= 0.3 is 5.97 Å². The monoisotopic (exact) mass is 295 g/mol. The van der Waals surface area contributed by atoms with Crippen molar-refractivity contribution in [3.63, 3.8) is 0 Å². The molecule has 0 aliphatic carbocycles. The van der Waals surface area contributed by atoms with Crippen molar-refractivity contribution in [1.82, 2.24) is 10.2 Å². The molecule has 0 aliphatic heterocycles. The zero-order valence-corrected chi connectivity index (χ0v) is 12.5. The fourth-order valence-corrected chi connectivity index (χ4v) is 2.43. The van der Waals surface area contributed by atoms with Crippen LogP contribution in [0.5, 0.6) is 0 Å². The molecule has 5 nitrogen and oxygen atoms in total. The SMILES string of the molecule is CCOC(=O)c1c(Nc2cccc3ccccc23)n[nH]c1C. The summed E-state index contributed by atoms with van der Waals surface area (Å²) in [5.41, 5.74) is 2.02. The van der Waals surface area contributed by atoms with Crippen LogP contribution >= 0.6 is 0 Å². The minimum atomic E-state index is -0.378. The highest BCUT2D eigenvalue weighted by molar-refractivity contribution is 6.00. The topological polar surface area (TPSA) is 67.0 Å². The molecule has 0 radical (unpaired) electrons. The average molecular weight is 295 g/mol. The van der Waals surface area contributed by atoms with E-state index in [2.05, 4.69) is 15.5 Å². The maximum Gasteiger partial charge on any atom is 0.343 e. The molecule has 112 valence electrons. The number of carbonyl (C=O) groups excluding carboxylic acids is 1. The summed E-state index contributed by atoms with van der Waals surface area (Å²) in [5.74, 6) is 0.101. The molecule has 0 bridgehead atoms. The van der Waals surface area contributed by atoms with Gasteiger partial charge in [-0.25, -0.2) is 4.79 Å². The third-order valence-electron chi connectivity index (χ3n) is 3.47. The summed E-state index contributed by atoms with van der Waals surface area (Å²) >= 11 is 0. The smallest absolute Gasteiger partial charge is 0.343 e. The molecule has 2 aromatic carbocycles. The van der Waals surface area contributed by atoms with Crippen LogP contribution in [0.1, 0.15) is 23.0 Å². The number of hydrogen-bond donors (Lipinski definition) is 2. The Morgan fingerprint density at radius 3 is 2.82 bits per heavy atom. The maximum absolute atomic E-state index is 12.1. The first-order valence-electron chi connectivity index (χ1n) is 7.17. The second-order valence-corrected chi connectivity index (χ2v) is 4.94. The molecule has 5 heteroatoms. The van der Waals surface area contributed by atoms with Gasteiger partial charge in [0.15, 0.2) is 5.82 Å². The predicted molar refractivity (Wildman–Crippen MR) is 86.5 cm³/mol. The number of ether oxygens (including phenoxy) is 1. The van der Waals surface area contributed by atoms with Crippen LogP contribution in [0.2, 0.25) is 0 Å². The normalized spacial score (nSPS) is 10.6. The molecule has 0 spiro atoms. The van der Waals surface area contributed by atoms with Gasteiger partial charge in [-0.2, -0.15) is 5.10 Å². The summed E-state index contributed by atoms with van der Waals surface area (Å²) in [6.07, 6.45) is 0. The molecular formula is C17H17N3O2. The van der Waals surface area contributed by atoms with Gasteiger partial charge in [0.25, 0.3) is 0 Å². The second-order valence-electron chi connectivity index (χ2n) is 4.94. The third-order valence-corrected chi connectivity index (χ3v) is 3.47. The van der Waals surface area contributed by atoms with E-state index in [1.54, 1.807) is 13.8 Å². The molecule has 3 rings (SSSR count). The van der Waals surface area contributed by atoms with Gasteiger partial charge in [0.2, 0.25) is 0 Å². The van der Waals surface area contributed by atoms with Crippen molar-refractivity contribution in [2.75, 3.05) is 11.9 Å². The van der Waals surface area contributed by atoms with Crippen molar-refractivity contribution in [2.45, 2.75) is 13.8 Å².